The van der Waals surface area contributed by atoms with Gasteiger partial charge in [-0.3, -0.25) is 0 Å². The third-order valence-corrected chi connectivity index (χ3v) is 6.32. The summed E-state index contributed by atoms with van der Waals surface area (Å²) in [6.45, 7) is 0. The van der Waals surface area contributed by atoms with Crippen molar-refractivity contribution in [2.24, 2.45) is 17.8 Å². The van der Waals surface area contributed by atoms with Crippen LogP contribution in [0.3, 0.4) is 0 Å². The summed E-state index contributed by atoms with van der Waals surface area (Å²) in [5.74, 6) is 1.52. The number of allylic oxidation sites excluding steroid dienone is 6. The zero-order valence-electron chi connectivity index (χ0n) is 16.4. The van der Waals surface area contributed by atoms with Gasteiger partial charge in [0.05, 0.1) is 0 Å². The predicted molar refractivity (Wildman–Crippen MR) is 110 cm³/mol. The van der Waals surface area contributed by atoms with Crippen LogP contribution in [0.15, 0.2) is 60.5 Å². The highest BCUT2D eigenvalue weighted by Gasteiger charge is 2.22. The van der Waals surface area contributed by atoms with E-state index >= 15 is 0 Å². The Kier molecular flexibility index (Phi) is 7.60. The minimum absolute atomic E-state index is 0.156. The molecule has 0 spiro atoms. The SMILES string of the molecule is N#CC(F)=CC=C[C@H]1CC[C@H](/C=C/[C@H]2CC[C@H](c3ccc(F)cc3)CC2)CC1. The maximum Gasteiger partial charge on any atom is 0.199 e. The lowest BCUT2D eigenvalue weighted by atomic mass is 9.77. The van der Waals surface area contributed by atoms with Crippen LogP contribution in [0.4, 0.5) is 8.78 Å². The Balaban J connectivity index is 1.39. The van der Waals surface area contributed by atoms with Crippen LogP contribution in [0.5, 0.6) is 0 Å². The van der Waals surface area contributed by atoms with Gasteiger partial charge >= 0.3 is 0 Å². The molecule has 1 nitrogen and oxygen atoms in total. The van der Waals surface area contributed by atoms with Crippen molar-refractivity contribution in [3.05, 3.63) is 71.9 Å². The maximum atomic E-state index is 13.1. The summed E-state index contributed by atoms with van der Waals surface area (Å²) < 4.78 is 25.9. The minimum atomic E-state index is -0.734. The first-order valence-electron chi connectivity index (χ1n) is 10.5. The van der Waals surface area contributed by atoms with Crippen LogP contribution in [0.1, 0.15) is 62.8 Å². The van der Waals surface area contributed by atoms with Gasteiger partial charge in [-0.25, -0.2) is 4.39 Å². The number of hydrogen-bond donors (Lipinski definition) is 0. The summed E-state index contributed by atoms with van der Waals surface area (Å²) in [5.41, 5.74) is 1.28. The Labute approximate surface area is 167 Å². The van der Waals surface area contributed by atoms with Crippen LogP contribution < -0.4 is 0 Å². The lowest BCUT2D eigenvalue weighted by Crippen LogP contribution is -2.14. The molecule has 0 bridgehead atoms. The highest BCUT2D eigenvalue weighted by atomic mass is 19.1. The van der Waals surface area contributed by atoms with Crippen molar-refractivity contribution in [2.75, 3.05) is 0 Å². The quantitative estimate of drug-likeness (QED) is 0.296. The van der Waals surface area contributed by atoms with Crippen molar-refractivity contribution in [1.29, 1.82) is 5.26 Å². The average Bonchev–Trinajstić information content (AvgIpc) is 2.74. The van der Waals surface area contributed by atoms with Gasteiger partial charge in [-0.2, -0.15) is 9.65 Å². The summed E-state index contributed by atoms with van der Waals surface area (Å²) in [6.07, 6.45) is 19.2. The van der Waals surface area contributed by atoms with E-state index in [2.05, 4.69) is 12.2 Å². The maximum absolute atomic E-state index is 13.1. The molecule has 0 atom stereocenters. The second-order valence-corrected chi connectivity index (χ2v) is 8.23. The van der Waals surface area contributed by atoms with Gasteiger partial charge in [0.15, 0.2) is 5.83 Å². The fourth-order valence-electron chi connectivity index (χ4n) is 4.56. The lowest BCUT2D eigenvalue weighted by molar-refractivity contribution is 0.348. The lowest BCUT2D eigenvalue weighted by Gasteiger charge is -2.28. The molecule has 1 aromatic carbocycles. The van der Waals surface area contributed by atoms with Crippen molar-refractivity contribution in [3.63, 3.8) is 0 Å². The molecule has 148 valence electrons. The fourth-order valence-corrected chi connectivity index (χ4v) is 4.56. The molecule has 3 rings (SSSR count). The zero-order chi connectivity index (χ0) is 19.8. The van der Waals surface area contributed by atoms with Crippen LogP contribution in [-0.2, 0) is 0 Å². The highest BCUT2D eigenvalue weighted by Crippen LogP contribution is 2.37. The predicted octanol–water partition coefficient (Wildman–Crippen LogP) is 7.40. The third-order valence-electron chi connectivity index (χ3n) is 6.32. The van der Waals surface area contributed by atoms with E-state index in [0.29, 0.717) is 23.7 Å². The molecule has 0 N–H and O–H groups in total. The molecule has 0 radical (unpaired) electrons. The van der Waals surface area contributed by atoms with Gasteiger partial charge in [0.25, 0.3) is 0 Å². The molecule has 0 amide bonds. The fraction of sp³-hybridized carbons (Fsp3) is 0.480. The van der Waals surface area contributed by atoms with Gasteiger partial charge in [0, 0.05) is 0 Å². The topological polar surface area (TPSA) is 23.8 Å². The molecule has 28 heavy (non-hydrogen) atoms. The monoisotopic (exact) mass is 381 g/mol. The summed E-state index contributed by atoms with van der Waals surface area (Å²) in [4.78, 5) is 0. The first-order valence-corrected chi connectivity index (χ1v) is 10.5. The molecule has 0 heterocycles. The summed E-state index contributed by atoms with van der Waals surface area (Å²) in [5, 5.41) is 8.41. The van der Waals surface area contributed by atoms with Crippen LogP contribution in [0.2, 0.25) is 0 Å². The normalized spacial score (nSPS) is 29.2. The molecular weight excluding hydrogens is 352 g/mol. The van der Waals surface area contributed by atoms with E-state index in [0.717, 1.165) is 12.8 Å². The molecule has 2 aliphatic rings. The van der Waals surface area contributed by atoms with Crippen molar-refractivity contribution < 1.29 is 8.78 Å². The van der Waals surface area contributed by atoms with Gasteiger partial charge in [-0.15, -0.1) is 0 Å². The summed E-state index contributed by atoms with van der Waals surface area (Å²) in [7, 11) is 0. The van der Waals surface area contributed by atoms with E-state index in [1.807, 2.05) is 18.2 Å². The van der Waals surface area contributed by atoms with Gasteiger partial charge in [-0.1, -0.05) is 36.4 Å². The van der Waals surface area contributed by atoms with Crippen molar-refractivity contribution in [1.82, 2.24) is 0 Å². The summed E-state index contributed by atoms with van der Waals surface area (Å²) in [6, 6.07) is 8.51. The second kappa shape index (κ2) is 10.4. The number of hydrogen-bond acceptors (Lipinski definition) is 1. The molecule has 1 aromatic rings. The first kappa shape index (κ1) is 20.5. The number of rotatable bonds is 5. The Morgan fingerprint density at radius 1 is 0.821 bits per heavy atom. The van der Waals surface area contributed by atoms with Gasteiger partial charge in [0.1, 0.15) is 11.9 Å². The zero-order valence-corrected chi connectivity index (χ0v) is 16.4. The van der Waals surface area contributed by atoms with Crippen molar-refractivity contribution in [3.8, 4) is 6.07 Å². The molecule has 3 heteroatoms. The Morgan fingerprint density at radius 2 is 1.32 bits per heavy atom. The molecule has 2 saturated carbocycles. The first-order chi connectivity index (χ1) is 13.6. The number of nitrogens with zero attached hydrogens (tertiary/aromatic N) is 1. The number of benzene rings is 1. The molecule has 0 saturated heterocycles. The smallest absolute Gasteiger partial charge is 0.199 e. The van der Waals surface area contributed by atoms with Gasteiger partial charge in [-0.05, 0) is 98.8 Å². The minimum Gasteiger partial charge on any atom is -0.207 e. The van der Waals surface area contributed by atoms with Crippen LogP contribution in [0, 0.1) is 34.9 Å². The number of nitriles is 1. The average molecular weight is 382 g/mol. The van der Waals surface area contributed by atoms with E-state index < -0.39 is 5.83 Å². The van der Waals surface area contributed by atoms with Gasteiger partial charge < -0.3 is 0 Å². The van der Waals surface area contributed by atoms with E-state index in [1.165, 1.54) is 56.2 Å². The van der Waals surface area contributed by atoms with E-state index in [-0.39, 0.29) is 5.82 Å². The molecule has 2 fully saturated rings. The Hall–Kier alpha value is -2.21. The Bertz CT molecular complexity index is 738. The molecule has 0 unspecified atom stereocenters. The van der Waals surface area contributed by atoms with Crippen LogP contribution in [0.25, 0.3) is 0 Å². The van der Waals surface area contributed by atoms with Crippen LogP contribution >= 0.6 is 0 Å². The van der Waals surface area contributed by atoms with E-state index in [1.54, 1.807) is 18.2 Å². The van der Waals surface area contributed by atoms with Crippen molar-refractivity contribution in [2.45, 2.75) is 57.3 Å². The molecule has 0 aromatic heterocycles. The summed E-state index contributed by atoms with van der Waals surface area (Å²) >= 11 is 0. The second-order valence-electron chi connectivity index (χ2n) is 8.23. The number of halogens is 2. The molecular formula is C25H29F2N. The van der Waals surface area contributed by atoms with E-state index in [4.69, 9.17) is 5.26 Å². The standard InChI is InChI=1S/C25H29F2N/c26-24-16-14-23(15-17-24)22-12-10-21(11-13-22)9-8-20-6-4-19(5-7-20)2-1-3-25(27)18-28/h1-3,8-9,14-17,19-22H,4-7,10-13H2/b2-1?,9-8+,25-3?/t19-,20-,21-,22-. The molecule has 0 aliphatic heterocycles. The Morgan fingerprint density at radius 3 is 1.86 bits per heavy atom. The van der Waals surface area contributed by atoms with Crippen LogP contribution in [-0.4, -0.2) is 0 Å². The van der Waals surface area contributed by atoms with Crippen molar-refractivity contribution >= 4 is 0 Å². The third kappa shape index (κ3) is 6.16. The largest absolute Gasteiger partial charge is 0.207 e. The van der Waals surface area contributed by atoms with E-state index in [9.17, 15) is 8.78 Å². The molecule has 2 aliphatic carbocycles. The van der Waals surface area contributed by atoms with Gasteiger partial charge in [0.2, 0.25) is 0 Å². The highest BCUT2D eigenvalue weighted by molar-refractivity contribution is 5.21.